The second kappa shape index (κ2) is 4.72. The van der Waals surface area contributed by atoms with Crippen molar-refractivity contribution in [2.75, 3.05) is 13.2 Å². The molecule has 2 bridgehead atoms. The Morgan fingerprint density at radius 3 is 2.45 bits per heavy atom. The molecule has 0 aromatic heterocycles. The Bertz CT molecular complexity index is 393. The van der Waals surface area contributed by atoms with Crippen LogP contribution >= 0.6 is 0 Å². The summed E-state index contributed by atoms with van der Waals surface area (Å²) in [7, 11) is 0. The lowest BCUT2D eigenvalue weighted by molar-refractivity contribution is -0.155. The summed E-state index contributed by atoms with van der Waals surface area (Å²) < 4.78 is 11.6. The van der Waals surface area contributed by atoms with E-state index >= 15 is 0 Å². The van der Waals surface area contributed by atoms with Gasteiger partial charge in [-0.2, -0.15) is 0 Å². The van der Waals surface area contributed by atoms with Gasteiger partial charge in [0.05, 0.1) is 18.6 Å². The largest absolute Gasteiger partial charge is 0.465 e. The Kier molecular flexibility index (Phi) is 3.39. The first-order valence-corrected chi connectivity index (χ1v) is 8.24. The zero-order valence-corrected chi connectivity index (χ0v) is 13.4. The summed E-state index contributed by atoms with van der Waals surface area (Å²) in [6.45, 7) is 12.8. The molecule has 3 fully saturated rings. The first-order valence-electron chi connectivity index (χ1n) is 8.24. The highest BCUT2D eigenvalue weighted by Gasteiger charge is 2.71. The number of esters is 1. The number of carbonyl (C=O) groups is 1. The van der Waals surface area contributed by atoms with Gasteiger partial charge in [-0.1, -0.05) is 27.7 Å². The van der Waals surface area contributed by atoms with Crippen molar-refractivity contribution in [1.29, 1.82) is 0 Å². The lowest BCUT2D eigenvalue weighted by atomic mass is 9.54. The molecule has 114 valence electrons. The summed E-state index contributed by atoms with van der Waals surface area (Å²) in [6.07, 6.45) is 1.38. The van der Waals surface area contributed by atoms with Crippen molar-refractivity contribution < 1.29 is 14.3 Å². The molecule has 3 rings (SSSR count). The van der Waals surface area contributed by atoms with Gasteiger partial charge < -0.3 is 9.47 Å². The van der Waals surface area contributed by atoms with Crippen LogP contribution in [0.4, 0.5) is 0 Å². The van der Waals surface area contributed by atoms with Gasteiger partial charge in [-0.3, -0.25) is 4.79 Å². The Labute approximate surface area is 122 Å². The topological polar surface area (TPSA) is 35.5 Å². The van der Waals surface area contributed by atoms with E-state index in [1.807, 2.05) is 0 Å². The molecule has 0 amide bonds. The van der Waals surface area contributed by atoms with Crippen molar-refractivity contribution in [3.63, 3.8) is 0 Å². The van der Waals surface area contributed by atoms with Gasteiger partial charge in [-0.15, -0.1) is 0 Å². The van der Waals surface area contributed by atoms with Crippen molar-refractivity contribution in [3.8, 4) is 0 Å². The number of fused-ring (bicyclic) bond motifs is 5. The minimum absolute atomic E-state index is 0.0355. The minimum Gasteiger partial charge on any atom is -0.465 e. The third-order valence-corrected chi connectivity index (χ3v) is 6.53. The maximum atomic E-state index is 12.1. The first-order chi connectivity index (χ1) is 9.46. The van der Waals surface area contributed by atoms with E-state index in [0.29, 0.717) is 36.2 Å². The van der Waals surface area contributed by atoms with Crippen molar-refractivity contribution in [2.24, 2.45) is 40.9 Å². The van der Waals surface area contributed by atoms with Crippen molar-refractivity contribution in [2.45, 2.75) is 47.1 Å². The monoisotopic (exact) mass is 280 g/mol. The van der Waals surface area contributed by atoms with Crippen LogP contribution in [0, 0.1) is 40.9 Å². The lowest BCUT2D eigenvalue weighted by Gasteiger charge is -2.52. The third-order valence-electron chi connectivity index (χ3n) is 6.53. The third kappa shape index (κ3) is 1.53. The average Bonchev–Trinajstić information content (AvgIpc) is 3.00. The summed E-state index contributed by atoms with van der Waals surface area (Å²) in [5, 5.41) is 0. The van der Waals surface area contributed by atoms with Crippen LogP contribution in [0.2, 0.25) is 0 Å². The maximum absolute atomic E-state index is 12.1. The predicted octanol–water partition coefficient (Wildman–Crippen LogP) is 3.13. The molecule has 0 aromatic carbocycles. The van der Waals surface area contributed by atoms with Crippen LogP contribution in [0.3, 0.4) is 0 Å². The summed E-state index contributed by atoms with van der Waals surface area (Å²) >= 11 is 0. The summed E-state index contributed by atoms with van der Waals surface area (Å²) in [5.41, 5.74) is 0.204. The summed E-state index contributed by atoms with van der Waals surface area (Å²) in [5.74, 6) is 2.70. The van der Waals surface area contributed by atoms with Crippen molar-refractivity contribution in [3.05, 3.63) is 0 Å². The molecular weight excluding hydrogens is 252 g/mol. The van der Waals surface area contributed by atoms with Gasteiger partial charge in [-0.25, -0.2) is 0 Å². The molecule has 5 atom stereocenters. The molecule has 0 aromatic rings. The molecule has 2 aliphatic carbocycles. The highest BCUT2D eigenvalue weighted by Crippen LogP contribution is 2.68. The fourth-order valence-electron chi connectivity index (χ4n) is 6.12. The molecule has 3 aliphatic rings. The average molecular weight is 280 g/mol. The summed E-state index contributed by atoms with van der Waals surface area (Å²) in [6, 6.07) is 0. The molecule has 0 N–H and O–H groups in total. The number of carbonyl (C=O) groups excluding carboxylic acids is 1. The molecule has 2 saturated carbocycles. The number of cyclic esters (lactones) is 1. The SMILES string of the molecule is CCOC1C2CC(C3COC(=O)C32)C1(C(C)C)C(C)C. The van der Waals surface area contributed by atoms with Crippen LogP contribution < -0.4 is 0 Å². The fraction of sp³-hybridized carbons (Fsp3) is 0.941. The van der Waals surface area contributed by atoms with Crippen LogP contribution in [0.5, 0.6) is 0 Å². The van der Waals surface area contributed by atoms with E-state index in [1.54, 1.807) is 0 Å². The highest BCUT2D eigenvalue weighted by molar-refractivity contribution is 5.76. The van der Waals surface area contributed by atoms with Crippen LogP contribution in [0.15, 0.2) is 0 Å². The Balaban J connectivity index is 2.04. The van der Waals surface area contributed by atoms with Gasteiger partial charge >= 0.3 is 5.97 Å². The van der Waals surface area contributed by atoms with Crippen LogP contribution in [-0.2, 0) is 14.3 Å². The van der Waals surface area contributed by atoms with E-state index in [-0.39, 0.29) is 23.4 Å². The maximum Gasteiger partial charge on any atom is 0.309 e. The van der Waals surface area contributed by atoms with E-state index < -0.39 is 0 Å². The molecule has 1 aliphatic heterocycles. The summed E-state index contributed by atoms with van der Waals surface area (Å²) in [4.78, 5) is 12.1. The molecule has 1 heterocycles. The zero-order chi connectivity index (χ0) is 14.7. The predicted molar refractivity (Wildman–Crippen MR) is 77.1 cm³/mol. The molecule has 3 nitrogen and oxygen atoms in total. The van der Waals surface area contributed by atoms with Gasteiger partial charge in [0.2, 0.25) is 0 Å². The molecule has 1 saturated heterocycles. The highest BCUT2D eigenvalue weighted by atomic mass is 16.5. The smallest absolute Gasteiger partial charge is 0.309 e. The number of ether oxygens (including phenoxy) is 2. The zero-order valence-electron chi connectivity index (χ0n) is 13.4. The molecule has 0 spiro atoms. The molecule has 20 heavy (non-hydrogen) atoms. The normalized spacial score (nSPS) is 41.5. The second-order valence-electron chi connectivity index (χ2n) is 7.51. The lowest BCUT2D eigenvalue weighted by Crippen LogP contribution is -2.54. The van der Waals surface area contributed by atoms with E-state index in [2.05, 4.69) is 34.6 Å². The van der Waals surface area contributed by atoms with E-state index in [9.17, 15) is 4.79 Å². The molecular formula is C17H28O3. The van der Waals surface area contributed by atoms with Gasteiger partial charge in [-0.05, 0) is 37.0 Å². The second-order valence-corrected chi connectivity index (χ2v) is 7.51. The van der Waals surface area contributed by atoms with Crippen LogP contribution in [0.1, 0.15) is 41.0 Å². The van der Waals surface area contributed by atoms with Crippen LogP contribution in [-0.4, -0.2) is 25.3 Å². The quantitative estimate of drug-likeness (QED) is 0.742. The van der Waals surface area contributed by atoms with Crippen molar-refractivity contribution >= 4 is 5.97 Å². The first kappa shape index (κ1) is 14.4. The van der Waals surface area contributed by atoms with Crippen LogP contribution in [0.25, 0.3) is 0 Å². The Hall–Kier alpha value is -0.570. The molecule has 0 radical (unpaired) electrons. The Morgan fingerprint density at radius 2 is 1.90 bits per heavy atom. The fourth-order valence-corrected chi connectivity index (χ4v) is 6.12. The van der Waals surface area contributed by atoms with Gasteiger partial charge in [0.1, 0.15) is 0 Å². The number of rotatable bonds is 4. The van der Waals surface area contributed by atoms with Gasteiger partial charge in [0, 0.05) is 17.9 Å². The standard InChI is InChI=1S/C17H28O3/c1-6-19-15-11-7-13(12-8-20-16(18)14(11)12)17(15,9(2)3)10(4)5/h9-15H,6-8H2,1-5H3. The van der Waals surface area contributed by atoms with Gasteiger partial charge in [0.15, 0.2) is 0 Å². The number of hydrogen-bond donors (Lipinski definition) is 0. The number of hydrogen-bond acceptors (Lipinski definition) is 3. The van der Waals surface area contributed by atoms with Crippen molar-refractivity contribution in [1.82, 2.24) is 0 Å². The Morgan fingerprint density at radius 1 is 1.25 bits per heavy atom. The van der Waals surface area contributed by atoms with E-state index in [1.165, 1.54) is 0 Å². The minimum atomic E-state index is 0.0355. The van der Waals surface area contributed by atoms with E-state index in [0.717, 1.165) is 13.0 Å². The van der Waals surface area contributed by atoms with E-state index in [4.69, 9.17) is 9.47 Å². The molecule has 3 heteroatoms. The van der Waals surface area contributed by atoms with Gasteiger partial charge in [0.25, 0.3) is 0 Å². The molecule has 5 unspecified atom stereocenters.